The Kier molecular flexibility index (Phi) is 6.48. The SMILES string of the molecule is COC(=O)c1ccccc1S(=O)(=O)N1CCC(C(=O)N[C@H](C)c2nc3ccccc3[nH]2)CC1. The minimum absolute atomic E-state index is 0.000439. The number of ether oxygens (including phenoxy) is 1. The first-order valence-electron chi connectivity index (χ1n) is 10.7. The largest absolute Gasteiger partial charge is 0.465 e. The van der Waals surface area contributed by atoms with Gasteiger partial charge in [-0.25, -0.2) is 18.2 Å². The maximum Gasteiger partial charge on any atom is 0.339 e. The number of piperidine rings is 1. The number of amides is 1. The van der Waals surface area contributed by atoms with Crippen molar-refractivity contribution >= 4 is 32.9 Å². The first kappa shape index (κ1) is 22.9. The molecule has 9 nitrogen and oxygen atoms in total. The number of sulfonamides is 1. The number of aromatic amines is 1. The molecule has 1 aliphatic rings. The molecule has 1 aromatic heterocycles. The lowest BCUT2D eigenvalue weighted by molar-refractivity contribution is -0.126. The number of carbonyl (C=O) groups is 2. The van der Waals surface area contributed by atoms with Gasteiger partial charge in [-0.1, -0.05) is 24.3 Å². The summed E-state index contributed by atoms with van der Waals surface area (Å²) >= 11 is 0. The third kappa shape index (κ3) is 4.62. The number of imidazole rings is 1. The zero-order valence-electron chi connectivity index (χ0n) is 18.4. The van der Waals surface area contributed by atoms with Crippen LogP contribution in [-0.2, 0) is 19.6 Å². The van der Waals surface area contributed by atoms with E-state index in [0.29, 0.717) is 18.7 Å². The highest BCUT2D eigenvalue weighted by Gasteiger charge is 2.34. The Morgan fingerprint density at radius 2 is 1.79 bits per heavy atom. The number of nitrogens with one attached hydrogen (secondary N) is 2. The third-order valence-corrected chi connectivity index (χ3v) is 7.87. The second-order valence-corrected chi connectivity index (χ2v) is 9.94. The van der Waals surface area contributed by atoms with Crippen LogP contribution >= 0.6 is 0 Å². The van der Waals surface area contributed by atoms with E-state index in [1.165, 1.54) is 23.5 Å². The van der Waals surface area contributed by atoms with Crippen LogP contribution < -0.4 is 5.32 Å². The molecule has 1 saturated heterocycles. The van der Waals surface area contributed by atoms with Crippen LogP contribution in [0.2, 0.25) is 0 Å². The number of fused-ring (bicyclic) bond motifs is 1. The van der Waals surface area contributed by atoms with Crippen LogP contribution in [0.15, 0.2) is 53.4 Å². The minimum Gasteiger partial charge on any atom is -0.465 e. The lowest BCUT2D eigenvalue weighted by Gasteiger charge is -2.31. The first-order chi connectivity index (χ1) is 15.8. The molecule has 0 bridgehead atoms. The molecule has 174 valence electrons. The molecule has 0 radical (unpaired) electrons. The first-order valence-corrected chi connectivity index (χ1v) is 12.2. The minimum atomic E-state index is -3.89. The Hall–Kier alpha value is -3.24. The summed E-state index contributed by atoms with van der Waals surface area (Å²) in [7, 11) is -2.68. The van der Waals surface area contributed by atoms with Gasteiger partial charge in [0, 0.05) is 19.0 Å². The van der Waals surface area contributed by atoms with Crippen molar-refractivity contribution in [2.24, 2.45) is 5.92 Å². The quantitative estimate of drug-likeness (QED) is 0.534. The van der Waals surface area contributed by atoms with Crippen molar-refractivity contribution < 1.29 is 22.7 Å². The zero-order chi connectivity index (χ0) is 23.6. The van der Waals surface area contributed by atoms with Crippen LogP contribution in [0.25, 0.3) is 11.0 Å². The second-order valence-electron chi connectivity index (χ2n) is 8.04. The predicted octanol–water partition coefficient (Wildman–Crippen LogP) is 2.63. The Labute approximate surface area is 192 Å². The van der Waals surface area contributed by atoms with Gasteiger partial charge in [0.2, 0.25) is 15.9 Å². The smallest absolute Gasteiger partial charge is 0.339 e. The number of nitrogens with zero attached hydrogens (tertiary/aromatic N) is 2. The van der Waals surface area contributed by atoms with Crippen molar-refractivity contribution in [3.05, 3.63) is 59.9 Å². The van der Waals surface area contributed by atoms with Gasteiger partial charge in [0.1, 0.15) is 5.82 Å². The van der Waals surface area contributed by atoms with Crippen molar-refractivity contribution in [1.29, 1.82) is 0 Å². The Bertz CT molecular complexity index is 1250. The monoisotopic (exact) mass is 470 g/mol. The van der Waals surface area contributed by atoms with E-state index in [0.717, 1.165) is 11.0 Å². The average molecular weight is 471 g/mol. The molecule has 1 fully saturated rings. The summed E-state index contributed by atoms with van der Waals surface area (Å²) in [5.41, 5.74) is 1.73. The molecule has 3 aromatic rings. The summed E-state index contributed by atoms with van der Waals surface area (Å²) in [5.74, 6) is -0.471. The highest BCUT2D eigenvalue weighted by Crippen LogP contribution is 2.27. The molecule has 0 aliphatic carbocycles. The van der Waals surface area contributed by atoms with Crippen LogP contribution in [0.4, 0.5) is 0 Å². The number of carbonyl (C=O) groups excluding carboxylic acids is 2. The molecule has 10 heteroatoms. The molecular formula is C23H26N4O5S. The number of hydrogen-bond acceptors (Lipinski definition) is 6. The van der Waals surface area contributed by atoms with E-state index in [9.17, 15) is 18.0 Å². The Morgan fingerprint density at radius 3 is 2.48 bits per heavy atom. The van der Waals surface area contributed by atoms with Gasteiger partial charge in [-0.2, -0.15) is 4.31 Å². The van der Waals surface area contributed by atoms with E-state index in [4.69, 9.17) is 4.74 Å². The number of H-pyrrole nitrogens is 1. The molecule has 33 heavy (non-hydrogen) atoms. The van der Waals surface area contributed by atoms with E-state index < -0.39 is 16.0 Å². The summed E-state index contributed by atoms with van der Waals surface area (Å²) < 4.78 is 32.4. The molecule has 1 atom stereocenters. The van der Waals surface area contributed by atoms with Gasteiger partial charge >= 0.3 is 5.97 Å². The number of benzene rings is 2. The van der Waals surface area contributed by atoms with Gasteiger partial charge in [-0.05, 0) is 44.0 Å². The fourth-order valence-corrected chi connectivity index (χ4v) is 5.69. The molecule has 0 saturated carbocycles. The van der Waals surface area contributed by atoms with Crippen molar-refractivity contribution in [1.82, 2.24) is 19.6 Å². The van der Waals surface area contributed by atoms with Crippen LogP contribution in [-0.4, -0.2) is 54.8 Å². The van der Waals surface area contributed by atoms with Crippen molar-refractivity contribution in [2.45, 2.75) is 30.7 Å². The van der Waals surface area contributed by atoms with Crippen LogP contribution in [0.5, 0.6) is 0 Å². The zero-order valence-corrected chi connectivity index (χ0v) is 19.3. The molecule has 2 heterocycles. The van der Waals surface area contributed by atoms with Gasteiger partial charge in [0.25, 0.3) is 0 Å². The second kappa shape index (κ2) is 9.32. The molecule has 1 amide bonds. The van der Waals surface area contributed by atoms with E-state index in [1.807, 2.05) is 31.2 Å². The van der Waals surface area contributed by atoms with Crippen LogP contribution in [0.3, 0.4) is 0 Å². The maximum atomic E-state index is 13.2. The normalized spacial score (nSPS) is 16.4. The molecule has 1 aliphatic heterocycles. The Morgan fingerprint density at radius 1 is 1.12 bits per heavy atom. The fraction of sp³-hybridized carbons (Fsp3) is 0.348. The summed E-state index contributed by atoms with van der Waals surface area (Å²) in [5, 5.41) is 2.98. The molecule has 2 aromatic carbocycles. The standard InChI is InChI=1S/C23H26N4O5S/c1-15(21-25-18-8-4-5-9-19(18)26-21)24-22(28)16-11-13-27(14-12-16)33(30,31)20-10-6-3-7-17(20)23(29)32-2/h3-10,15-16H,11-14H2,1-2H3,(H,24,28)(H,25,26)/t15-/m1/s1. The lowest BCUT2D eigenvalue weighted by Crippen LogP contribution is -2.43. The van der Waals surface area contributed by atoms with E-state index in [-0.39, 0.29) is 41.4 Å². The number of para-hydroxylation sites is 2. The number of aromatic nitrogens is 2. The highest BCUT2D eigenvalue weighted by molar-refractivity contribution is 7.89. The molecule has 2 N–H and O–H groups in total. The maximum absolute atomic E-state index is 13.2. The van der Waals surface area contributed by atoms with Gasteiger partial charge in [0.15, 0.2) is 0 Å². The number of esters is 1. The number of methoxy groups -OCH3 is 1. The predicted molar refractivity (Wildman–Crippen MR) is 122 cm³/mol. The van der Waals surface area contributed by atoms with E-state index >= 15 is 0 Å². The number of rotatable bonds is 6. The van der Waals surface area contributed by atoms with Gasteiger partial charge in [-0.15, -0.1) is 0 Å². The lowest BCUT2D eigenvalue weighted by atomic mass is 9.97. The summed E-state index contributed by atoms with van der Waals surface area (Å²) in [6.07, 6.45) is 0.774. The van der Waals surface area contributed by atoms with Gasteiger partial charge in [0.05, 0.1) is 34.6 Å². The number of hydrogen-bond donors (Lipinski definition) is 2. The fourth-order valence-electron chi connectivity index (χ4n) is 4.04. The van der Waals surface area contributed by atoms with Crippen LogP contribution in [0.1, 0.15) is 42.0 Å². The molecule has 0 unspecified atom stereocenters. The van der Waals surface area contributed by atoms with Crippen LogP contribution in [0, 0.1) is 5.92 Å². The average Bonchev–Trinajstić information content (AvgIpc) is 3.28. The van der Waals surface area contributed by atoms with Crippen molar-refractivity contribution in [3.8, 4) is 0 Å². The summed E-state index contributed by atoms with van der Waals surface area (Å²) in [6.45, 7) is 2.24. The summed E-state index contributed by atoms with van der Waals surface area (Å²) in [6, 6.07) is 13.3. The topological polar surface area (TPSA) is 121 Å². The van der Waals surface area contributed by atoms with Crippen molar-refractivity contribution in [2.75, 3.05) is 20.2 Å². The highest BCUT2D eigenvalue weighted by atomic mass is 32.2. The third-order valence-electron chi connectivity index (χ3n) is 5.91. The molecule has 4 rings (SSSR count). The summed E-state index contributed by atoms with van der Waals surface area (Å²) in [4.78, 5) is 32.5. The van der Waals surface area contributed by atoms with Gasteiger partial charge < -0.3 is 15.0 Å². The molecular weight excluding hydrogens is 444 g/mol. The van der Waals surface area contributed by atoms with E-state index in [1.54, 1.807) is 12.1 Å². The van der Waals surface area contributed by atoms with E-state index in [2.05, 4.69) is 15.3 Å². The van der Waals surface area contributed by atoms with Crippen molar-refractivity contribution in [3.63, 3.8) is 0 Å². The Balaban J connectivity index is 1.40. The molecule has 0 spiro atoms. The van der Waals surface area contributed by atoms with Gasteiger partial charge in [-0.3, -0.25) is 4.79 Å².